The van der Waals surface area contributed by atoms with Gasteiger partial charge in [0.25, 0.3) is 0 Å². The fourth-order valence-corrected chi connectivity index (χ4v) is 2.90. The van der Waals surface area contributed by atoms with Gasteiger partial charge in [0, 0.05) is 27.3 Å². The first-order valence-corrected chi connectivity index (χ1v) is 7.43. The van der Waals surface area contributed by atoms with Crippen LogP contribution in [0.2, 0.25) is 0 Å². The van der Waals surface area contributed by atoms with Crippen molar-refractivity contribution in [2.24, 2.45) is 10.2 Å². The fourth-order valence-electron chi connectivity index (χ4n) is 2.90. The van der Waals surface area contributed by atoms with Crippen LogP contribution in [0.3, 0.4) is 0 Å². The summed E-state index contributed by atoms with van der Waals surface area (Å²) in [4.78, 5) is 0. The largest absolute Gasteiger partial charge is 0.382 e. The van der Waals surface area contributed by atoms with Crippen LogP contribution in [0.15, 0.2) is 10.2 Å². The Bertz CT molecular complexity index is 303. The van der Waals surface area contributed by atoms with Gasteiger partial charge < -0.3 is 9.47 Å². The molecule has 0 radical (unpaired) electrons. The highest BCUT2D eigenvalue weighted by atomic mass is 16.5. The van der Waals surface area contributed by atoms with E-state index in [1.54, 1.807) is 26.6 Å². The Morgan fingerprint density at radius 1 is 0.900 bits per heavy atom. The van der Waals surface area contributed by atoms with E-state index in [4.69, 9.17) is 9.47 Å². The molecule has 0 aromatic heterocycles. The zero-order valence-corrected chi connectivity index (χ0v) is 12.6. The van der Waals surface area contributed by atoms with Gasteiger partial charge in [0.05, 0.1) is 37.7 Å². The Hall–Kier alpha value is -1.14. The zero-order chi connectivity index (χ0) is 14.2. The minimum Gasteiger partial charge on any atom is -0.382 e. The molecule has 114 valence electrons. The Morgan fingerprint density at radius 3 is 1.75 bits per heavy atom. The number of methoxy groups -OCH3 is 2. The summed E-state index contributed by atoms with van der Waals surface area (Å²) in [5.74, 6) is 0. The molecule has 2 fully saturated rings. The van der Waals surface area contributed by atoms with Crippen molar-refractivity contribution in [1.29, 1.82) is 0 Å². The van der Waals surface area contributed by atoms with Gasteiger partial charge in [0.15, 0.2) is 0 Å². The van der Waals surface area contributed by atoms with Crippen molar-refractivity contribution in [2.75, 3.05) is 40.5 Å². The topological polar surface area (TPSA) is 49.7 Å². The van der Waals surface area contributed by atoms with Crippen molar-refractivity contribution < 1.29 is 9.47 Å². The van der Waals surface area contributed by atoms with E-state index in [1.165, 1.54) is 12.8 Å². The molecule has 0 aliphatic carbocycles. The lowest BCUT2D eigenvalue weighted by molar-refractivity contribution is 0.117. The van der Waals surface area contributed by atoms with Gasteiger partial charge in [-0.05, 0) is 25.7 Å². The predicted molar refractivity (Wildman–Crippen MR) is 80.2 cm³/mol. The van der Waals surface area contributed by atoms with Gasteiger partial charge >= 0.3 is 0 Å². The van der Waals surface area contributed by atoms with Crippen LogP contribution in [0.4, 0.5) is 0 Å². The van der Waals surface area contributed by atoms with E-state index < -0.39 is 0 Å². The molecular formula is C14H26N4O2. The van der Waals surface area contributed by atoms with Crippen LogP contribution in [0, 0.1) is 0 Å². The molecule has 0 amide bonds. The van der Waals surface area contributed by atoms with E-state index in [9.17, 15) is 0 Å². The first-order chi connectivity index (χ1) is 9.85. The quantitative estimate of drug-likeness (QED) is 0.658. The maximum atomic E-state index is 5.21. The van der Waals surface area contributed by atoms with Crippen LogP contribution in [-0.4, -0.2) is 75.1 Å². The maximum absolute atomic E-state index is 5.21. The lowest BCUT2D eigenvalue weighted by atomic mass is 10.2. The lowest BCUT2D eigenvalue weighted by Gasteiger charge is -2.21. The Morgan fingerprint density at radius 2 is 1.35 bits per heavy atom. The van der Waals surface area contributed by atoms with Crippen molar-refractivity contribution in [3.05, 3.63) is 0 Å². The highest BCUT2D eigenvalue weighted by Gasteiger charge is 2.23. The predicted octanol–water partition coefficient (Wildman–Crippen LogP) is 1.18. The highest BCUT2D eigenvalue weighted by molar-refractivity contribution is 6.15. The van der Waals surface area contributed by atoms with Gasteiger partial charge in [-0.1, -0.05) is 0 Å². The summed E-state index contributed by atoms with van der Waals surface area (Å²) in [5, 5.41) is 13.2. The lowest BCUT2D eigenvalue weighted by Crippen LogP contribution is -2.29. The van der Waals surface area contributed by atoms with E-state index in [0.29, 0.717) is 12.1 Å². The van der Waals surface area contributed by atoms with Crippen LogP contribution in [-0.2, 0) is 9.47 Å². The van der Waals surface area contributed by atoms with Crippen molar-refractivity contribution in [3.63, 3.8) is 0 Å². The first-order valence-electron chi connectivity index (χ1n) is 7.43. The molecule has 2 aliphatic heterocycles. The summed E-state index contributed by atoms with van der Waals surface area (Å²) in [6.07, 6.45) is 8.26. The molecular weight excluding hydrogens is 256 g/mol. The summed E-state index contributed by atoms with van der Waals surface area (Å²) >= 11 is 0. The van der Waals surface area contributed by atoms with E-state index in [0.717, 1.165) is 39.1 Å². The second-order valence-corrected chi connectivity index (χ2v) is 5.36. The molecule has 0 unspecified atom stereocenters. The van der Waals surface area contributed by atoms with E-state index in [2.05, 4.69) is 20.2 Å². The molecule has 6 heteroatoms. The smallest absolute Gasteiger partial charge is 0.0704 e. The average Bonchev–Trinajstić information content (AvgIpc) is 3.06. The van der Waals surface area contributed by atoms with Crippen molar-refractivity contribution in [2.45, 2.75) is 37.8 Å². The number of hydrogen-bond acceptors (Lipinski definition) is 6. The van der Waals surface area contributed by atoms with Crippen LogP contribution in [0.1, 0.15) is 25.7 Å². The maximum Gasteiger partial charge on any atom is 0.0704 e. The van der Waals surface area contributed by atoms with Gasteiger partial charge in [-0.15, -0.1) is 0 Å². The van der Waals surface area contributed by atoms with Crippen molar-refractivity contribution >= 4 is 12.4 Å². The van der Waals surface area contributed by atoms with E-state index >= 15 is 0 Å². The van der Waals surface area contributed by atoms with Gasteiger partial charge in [0.1, 0.15) is 0 Å². The molecule has 2 atom stereocenters. The molecule has 0 saturated carbocycles. The van der Waals surface area contributed by atoms with Gasteiger partial charge in [-0.2, -0.15) is 10.2 Å². The summed E-state index contributed by atoms with van der Waals surface area (Å²) < 4.78 is 10.4. The molecule has 6 nitrogen and oxygen atoms in total. The molecule has 0 N–H and O–H groups in total. The highest BCUT2D eigenvalue weighted by Crippen LogP contribution is 2.18. The average molecular weight is 282 g/mol. The van der Waals surface area contributed by atoms with Crippen molar-refractivity contribution in [3.8, 4) is 0 Å². The Balaban J connectivity index is 1.78. The third kappa shape index (κ3) is 4.18. The van der Waals surface area contributed by atoms with Crippen LogP contribution in [0.5, 0.6) is 0 Å². The van der Waals surface area contributed by atoms with E-state index in [-0.39, 0.29) is 0 Å². The third-order valence-electron chi connectivity index (χ3n) is 3.91. The number of hydrogen-bond donors (Lipinski definition) is 0. The zero-order valence-electron chi connectivity index (χ0n) is 12.6. The second kappa shape index (κ2) is 8.21. The minimum atomic E-state index is 0.415. The Labute approximate surface area is 121 Å². The number of hydrazone groups is 2. The molecule has 0 bridgehead atoms. The van der Waals surface area contributed by atoms with Gasteiger partial charge in [-0.25, -0.2) is 0 Å². The number of rotatable bonds is 7. The van der Waals surface area contributed by atoms with Crippen LogP contribution in [0.25, 0.3) is 0 Å². The van der Waals surface area contributed by atoms with Crippen molar-refractivity contribution in [1.82, 2.24) is 10.0 Å². The molecule has 2 aliphatic rings. The number of nitrogens with zero attached hydrogens (tertiary/aromatic N) is 4. The summed E-state index contributed by atoms with van der Waals surface area (Å²) in [6, 6.07) is 0.829. The van der Waals surface area contributed by atoms with E-state index in [1.807, 2.05) is 0 Å². The Kier molecular flexibility index (Phi) is 6.26. The fraction of sp³-hybridized carbons (Fsp3) is 0.857. The molecule has 2 heterocycles. The summed E-state index contributed by atoms with van der Waals surface area (Å²) in [7, 11) is 3.48. The normalized spacial score (nSPS) is 27.5. The number of ether oxygens (including phenoxy) is 2. The monoisotopic (exact) mass is 282 g/mol. The van der Waals surface area contributed by atoms with Crippen LogP contribution >= 0.6 is 0 Å². The first kappa shape index (κ1) is 15.3. The summed E-state index contributed by atoms with van der Waals surface area (Å²) in [5.41, 5.74) is 0. The third-order valence-corrected chi connectivity index (χ3v) is 3.91. The van der Waals surface area contributed by atoms with Gasteiger partial charge in [-0.3, -0.25) is 10.0 Å². The molecule has 20 heavy (non-hydrogen) atoms. The molecule has 0 spiro atoms. The molecule has 0 aromatic carbocycles. The minimum absolute atomic E-state index is 0.415. The second-order valence-electron chi connectivity index (χ2n) is 5.36. The molecule has 2 rings (SSSR count). The summed E-state index contributed by atoms with van der Waals surface area (Å²) in [6.45, 7) is 3.51. The molecule has 0 aromatic rings. The SMILES string of the molecule is COC[C@H]1CCCN1/N=C/C=N/N1CCC[C@@H]1COC. The van der Waals surface area contributed by atoms with Gasteiger partial charge in [0.2, 0.25) is 0 Å². The standard InChI is InChI=1S/C14H26N4O2/c1-19-11-13-5-3-9-17(13)15-7-8-16-18-10-4-6-14(18)12-20-2/h7-8,13-14H,3-6,9-12H2,1-2H3/b15-7+,16-8+/t13-,14-/m1/s1. The molecule has 2 saturated heterocycles. The van der Waals surface area contributed by atoms with Crippen LogP contribution < -0.4 is 0 Å².